The summed E-state index contributed by atoms with van der Waals surface area (Å²) in [5.41, 5.74) is 0. The lowest BCUT2D eigenvalue weighted by Crippen LogP contribution is -2.45. The van der Waals surface area contributed by atoms with E-state index < -0.39 is 0 Å². The number of ketones is 1. The molecule has 1 saturated heterocycles. The van der Waals surface area contributed by atoms with Gasteiger partial charge in [-0.3, -0.25) is 9.59 Å². The summed E-state index contributed by atoms with van der Waals surface area (Å²) in [5, 5.41) is 0. The fraction of sp³-hybridized carbons (Fsp3) is 0.600. The van der Waals surface area contributed by atoms with E-state index in [1.807, 2.05) is 4.90 Å². The second-order valence-electron chi connectivity index (χ2n) is 3.47. The third-order valence-corrected chi connectivity index (χ3v) is 2.28. The number of piperazine rings is 1. The smallest absolute Gasteiger partial charge is 0.219 e. The molecule has 0 N–H and O–H groups in total. The summed E-state index contributed by atoms with van der Waals surface area (Å²) in [6, 6.07) is 0. The van der Waals surface area contributed by atoms with Gasteiger partial charge < -0.3 is 9.80 Å². The molecule has 0 aromatic rings. The first-order valence-electron chi connectivity index (χ1n) is 4.78. The molecule has 4 heteroatoms. The first-order chi connectivity index (χ1) is 6.59. The molecule has 0 atom stereocenters. The Morgan fingerprint density at radius 3 is 2.07 bits per heavy atom. The standard InChI is InChI=1S/C10H16N2O2/c1-9(13)3-4-11-5-7-12(8-6-11)10(2)14/h3-4H,5-8H2,1-2H3/b4-3+. The number of nitrogens with zero attached hydrogens (tertiary/aromatic N) is 2. The van der Waals surface area contributed by atoms with Crippen LogP contribution in [0.4, 0.5) is 0 Å². The van der Waals surface area contributed by atoms with E-state index in [4.69, 9.17) is 0 Å². The molecule has 1 fully saturated rings. The van der Waals surface area contributed by atoms with Gasteiger partial charge in [0.1, 0.15) is 0 Å². The third kappa shape index (κ3) is 3.20. The molecule has 1 amide bonds. The average molecular weight is 196 g/mol. The quantitative estimate of drug-likeness (QED) is 0.594. The Balaban J connectivity index is 2.36. The van der Waals surface area contributed by atoms with E-state index in [1.165, 1.54) is 6.92 Å². The molecule has 0 aliphatic carbocycles. The summed E-state index contributed by atoms with van der Waals surface area (Å²) in [6.45, 7) is 6.23. The number of hydrogen-bond acceptors (Lipinski definition) is 3. The molecule has 0 radical (unpaired) electrons. The third-order valence-electron chi connectivity index (χ3n) is 2.28. The first-order valence-corrected chi connectivity index (χ1v) is 4.78. The van der Waals surface area contributed by atoms with Crippen LogP contribution in [0.15, 0.2) is 12.3 Å². The maximum absolute atomic E-state index is 11.0. The topological polar surface area (TPSA) is 40.6 Å². The SMILES string of the molecule is CC(=O)/C=C/N1CCN(C(C)=O)CC1. The van der Waals surface area contributed by atoms with E-state index in [0.717, 1.165) is 26.2 Å². The molecular formula is C10H16N2O2. The summed E-state index contributed by atoms with van der Waals surface area (Å²) in [4.78, 5) is 25.6. The Bertz CT molecular complexity index is 253. The predicted molar refractivity (Wildman–Crippen MR) is 53.6 cm³/mol. The monoisotopic (exact) mass is 196 g/mol. The normalized spacial score (nSPS) is 17.6. The van der Waals surface area contributed by atoms with Crippen molar-refractivity contribution in [1.29, 1.82) is 0 Å². The number of carbonyl (C=O) groups is 2. The van der Waals surface area contributed by atoms with Gasteiger partial charge in [-0.2, -0.15) is 0 Å². The summed E-state index contributed by atoms with van der Waals surface area (Å²) >= 11 is 0. The zero-order chi connectivity index (χ0) is 10.6. The van der Waals surface area contributed by atoms with Crippen LogP contribution in [0.5, 0.6) is 0 Å². The number of allylic oxidation sites excluding steroid dienone is 1. The van der Waals surface area contributed by atoms with Crippen molar-refractivity contribution >= 4 is 11.7 Å². The van der Waals surface area contributed by atoms with E-state index in [9.17, 15) is 9.59 Å². The largest absolute Gasteiger partial charge is 0.374 e. The second-order valence-corrected chi connectivity index (χ2v) is 3.47. The van der Waals surface area contributed by atoms with E-state index in [-0.39, 0.29) is 11.7 Å². The average Bonchev–Trinajstić information content (AvgIpc) is 2.15. The van der Waals surface area contributed by atoms with E-state index in [0.29, 0.717) is 0 Å². The maximum atomic E-state index is 11.0. The molecule has 78 valence electrons. The van der Waals surface area contributed by atoms with Gasteiger partial charge in [0, 0.05) is 39.3 Å². The van der Waals surface area contributed by atoms with Crippen LogP contribution in [0.2, 0.25) is 0 Å². The van der Waals surface area contributed by atoms with Crippen LogP contribution in [0.3, 0.4) is 0 Å². The molecule has 0 saturated carbocycles. The van der Waals surface area contributed by atoms with E-state index in [1.54, 1.807) is 19.2 Å². The number of carbonyl (C=O) groups excluding carboxylic acids is 2. The van der Waals surface area contributed by atoms with Gasteiger partial charge >= 0.3 is 0 Å². The fourth-order valence-corrected chi connectivity index (χ4v) is 1.40. The predicted octanol–water partition coefficient (Wildman–Crippen LogP) is 0.253. The summed E-state index contributed by atoms with van der Waals surface area (Å²) < 4.78 is 0. The van der Waals surface area contributed by atoms with Crippen molar-refractivity contribution in [1.82, 2.24) is 9.80 Å². The second kappa shape index (κ2) is 4.79. The lowest BCUT2D eigenvalue weighted by molar-refractivity contribution is -0.130. The molecule has 1 rings (SSSR count). The summed E-state index contributed by atoms with van der Waals surface area (Å²) in [5.74, 6) is 0.180. The highest BCUT2D eigenvalue weighted by Gasteiger charge is 2.15. The Labute approximate surface area is 84.2 Å². The highest BCUT2D eigenvalue weighted by atomic mass is 16.2. The van der Waals surface area contributed by atoms with Crippen LogP contribution >= 0.6 is 0 Å². The fourth-order valence-electron chi connectivity index (χ4n) is 1.40. The Kier molecular flexibility index (Phi) is 3.68. The highest BCUT2D eigenvalue weighted by Crippen LogP contribution is 2.02. The first kappa shape index (κ1) is 10.8. The Hall–Kier alpha value is -1.32. The van der Waals surface area contributed by atoms with Crippen molar-refractivity contribution < 1.29 is 9.59 Å². The van der Waals surface area contributed by atoms with Crippen molar-refractivity contribution in [2.45, 2.75) is 13.8 Å². The van der Waals surface area contributed by atoms with Crippen molar-refractivity contribution in [3.63, 3.8) is 0 Å². The number of hydrogen-bond donors (Lipinski definition) is 0. The van der Waals surface area contributed by atoms with E-state index >= 15 is 0 Å². The van der Waals surface area contributed by atoms with Gasteiger partial charge in [0.05, 0.1) is 0 Å². The lowest BCUT2D eigenvalue weighted by Gasteiger charge is -2.33. The maximum Gasteiger partial charge on any atom is 0.219 e. The summed E-state index contributed by atoms with van der Waals surface area (Å²) in [7, 11) is 0. The minimum absolute atomic E-state index is 0.0546. The van der Waals surface area contributed by atoms with Crippen molar-refractivity contribution in [2.75, 3.05) is 26.2 Å². The van der Waals surface area contributed by atoms with Gasteiger partial charge in [0.15, 0.2) is 5.78 Å². The molecule has 0 aromatic heterocycles. The zero-order valence-corrected chi connectivity index (χ0v) is 8.69. The molecule has 0 bridgehead atoms. The van der Waals surface area contributed by atoms with Crippen molar-refractivity contribution in [3.8, 4) is 0 Å². The number of amides is 1. The highest BCUT2D eigenvalue weighted by molar-refractivity contribution is 5.87. The molecule has 0 unspecified atom stereocenters. The number of rotatable bonds is 2. The molecule has 4 nitrogen and oxygen atoms in total. The Morgan fingerprint density at radius 1 is 1.07 bits per heavy atom. The van der Waals surface area contributed by atoms with Crippen LogP contribution in [-0.4, -0.2) is 47.7 Å². The lowest BCUT2D eigenvalue weighted by atomic mass is 10.3. The van der Waals surface area contributed by atoms with Crippen LogP contribution in [-0.2, 0) is 9.59 Å². The summed E-state index contributed by atoms with van der Waals surface area (Å²) in [6.07, 6.45) is 3.36. The molecule has 0 aromatic carbocycles. The van der Waals surface area contributed by atoms with E-state index in [2.05, 4.69) is 4.90 Å². The van der Waals surface area contributed by atoms with Crippen molar-refractivity contribution in [2.24, 2.45) is 0 Å². The van der Waals surface area contributed by atoms with Gasteiger partial charge in [0.2, 0.25) is 5.91 Å². The van der Waals surface area contributed by atoms with Gasteiger partial charge in [-0.15, -0.1) is 0 Å². The molecule has 0 spiro atoms. The van der Waals surface area contributed by atoms with Gasteiger partial charge in [-0.25, -0.2) is 0 Å². The minimum Gasteiger partial charge on any atom is -0.374 e. The molecule has 14 heavy (non-hydrogen) atoms. The molecule has 1 aliphatic rings. The minimum atomic E-state index is 0.0546. The zero-order valence-electron chi connectivity index (χ0n) is 8.69. The molecular weight excluding hydrogens is 180 g/mol. The molecule has 1 aliphatic heterocycles. The van der Waals surface area contributed by atoms with Crippen molar-refractivity contribution in [3.05, 3.63) is 12.3 Å². The van der Waals surface area contributed by atoms with Crippen LogP contribution in [0.1, 0.15) is 13.8 Å². The Morgan fingerprint density at radius 2 is 1.64 bits per heavy atom. The van der Waals surface area contributed by atoms with Crippen LogP contribution in [0, 0.1) is 0 Å². The van der Waals surface area contributed by atoms with Gasteiger partial charge in [-0.1, -0.05) is 0 Å². The van der Waals surface area contributed by atoms with Crippen LogP contribution in [0.25, 0.3) is 0 Å². The van der Waals surface area contributed by atoms with Gasteiger partial charge in [0.25, 0.3) is 0 Å². The van der Waals surface area contributed by atoms with Gasteiger partial charge in [-0.05, 0) is 13.0 Å². The molecule has 1 heterocycles. The van der Waals surface area contributed by atoms with Crippen LogP contribution < -0.4 is 0 Å².